The number of carbonyl (C=O) groups is 2. The number of benzene rings is 3. The maximum absolute atomic E-state index is 14.1. The Morgan fingerprint density at radius 2 is 1.71 bits per heavy atom. The molecule has 0 fully saturated rings. The Morgan fingerprint density at radius 1 is 0.971 bits per heavy atom. The SMILES string of the molecule is CC(C)NC(=O)c1ccc(CN2C(=O)C3(COc4cc5c(cc43)OCO5)c3ccccc32)cc1. The topological polar surface area (TPSA) is 77.1 Å². The van der Waals surface area contributed by atoms with Gasteiger partial charge in [0.1, 0.15) is 17.8 Å². The number of nitrogens with one attached hydrogen (secondary N) is 1. The summed E-state index contributed by atoms with van der Waals surface area (Å²) < 4.78 is 17.1. The van der Waals surface area contributed by atoms with Gasteiger partial charge < -0.3 is 24.4 Å². The molecule has 0 radical (unpaired) electrons. The van der Waals surface area contributed by atoms with Gasteiger partial charge in [0.25, 0.3) is 5.91 Å². The monoisotopic (exact) mass is 456 g/mol. The van der Waals surface area contributed by atoms with Gasteiger partial charge in [-0.2, -0.15) is 0 Å². The molecule has 1 atom stereocenters. The van der Waals surface area contributed by atoms with Gasteiger partial charge in [0.05, 0.1) is 6.54 Å². The zero-order valence-electron chi connectivity index (χ0n) is 19.0. The van der Waals surface area contributed by atoms with Crippen molar-refractivity contribution in [2.24, 2.45) is 0 Å². The lowest BCUT2D eigenvalue weighted by molar-refractivity contribution is -0.122. The van der Waals surface area contributed by atoms with Gasteiger partial charge in [0, 0.05) is 28.9 Å². The molecule has 0 aromatic heterocycles. The number of amides is 2. The number of rotatable bonds is 4. The van der Waals surface area contributed by atoms with Gasteiger partial charge in [-0.15, -0.1) is 0 Å². The Hall–Kier alpha value is -4.00. The van der Waals surface area contributed by atoms with Crippen molar-refractivity contribution in [2.75, 3.05) is 18.3 Å². The number of fused-ring (bicyclic) bond motifs is 5. The largest absolute Gasteiger partial charge is 0.491 e. The third-order valence-electron chi connectivity index (χ3n) is 6.62. The van der Waals surface area contributed by atoms with Crippen molar-refractivity contribution in [3.05, 3.63) is 82.9 Å². The third-order valence-corrected chi connectivity index (χ3v) is 6.62. The molecular weight excluding hydrogens is 432 g/mol. The van der Waals surface area contributed by atoms with E-state index in [9.17, 15) is 9.59 Å². The zero-order chi connectivity index (χ0) is 23.4. The second kappa shape index (κ2) is 7.52. The van der Waals surface area contributed by atoms with E-state index in [2.05, 4.69) is 5.32 Å². The first-order chi connectivity index (χ1) is 16.5. The fourth-order valence-electron chi connectivity index (χ4n) is 5.01. The van der Waals surface area contributed by atoms with Gasteiger partial charge in [-0.3, -0.25) is 9.59 Å². The predicted molar refractivity (Wildman–Crippen MR) is 126 cm³/mol. The van der Waals surface area contributed by atoms with Crippen LogP contribution in [0.25, 0.3) is 0 Å². The summed E-state index contributed by atoms with van der Waals surface area (Å²) in [6.07, 6.45) is 0. The van der Waals surface area contributed by atoms with E-state index in [4.69, 9.17) is 14.2 Å². The van der Waals surface area contributed by atoms with Crippen molar-refractivity contribution in [1.82, 2.24) is 5.32 Å². The van der Waals surface area contributed by atoms with Crippen LogP contribution in [0.1, 0.15) is 40.9 Å². The van der Waals surface area contributed by atoms with Crippen molar-refractivity contribution in [1.29, 1.82) is 0 Å². The molecule has 3 aliphatic heterocycles. The molecule has 0 saturated carbocycles. The average molecular weight is 456 g/mol. The number of anilines is 1. The molecule has 7 nitrogen and oxygen atoms in total. The maximum Gasteiger partial charge on any atom is 0.251 e. The molecule has 0 aliphatic carbocycles. The molecule has 1 N–H and O–H groups in total. The van der Waals surface area contributed by atoms with Crippen molar-refractivity contribution in [2.45, 2.75) is 31.8 Å². The molecule has 1 unspecified atom stereocenters. The summed E-state index contributed by atoms with van der Waals surface area (Å²) in [4.78, 5) is 28.2. The third kappa shape index (κ3) is 2.96. The molecule has 6 rings (SSSR count). The van der Waals surface area contributed by atoms with Crippen molar-refractivity contribution in [3.8, 4) is 17.2 Å². The summed E-state index contributed by atoms with van der Waals surface area (Å²) >= 11 is 0. The average Bonchev–Trinajstić information content (AvgIpc) is 3.50. The van der Waals surface area contributed by atoms with Gasteiger partial charge >= 0.3 is 0 Å². The Bertz CT molecular complexity index is 1320. The molecule has 172 valence electrons. The second-order valence-electron chi connectivity index (χ2n) is 9.13. The molecule has 7 heteroatoms. The first-order valence-corrected chi connectivity index (χ1v) is 11.4. The van der Waals surface area contributed by atoms with Crippen LogP contribution < -0.4 is 24.4 Å². The van der Waals surface area contributed by atoms with Gasteiger partial charge in [0.2, 0.25) is 12.7 Å². The molecule has 3 aromatic rings. The Balaban J connectivity index is 1.35. The van der Waals surface area contributed by atoms with E-state index in [1.54, 1.807) is 12.1 Å². The fraction of sp³-hybridized carbons (Fsp3) is 0.259. The lowest BCUT2D eigenvalue weighted by Crippen LogP contribution is -2.42. The van der Waals surface area contributed by atoms with Gasteiger partial charge in [0.15, 0.2) is 11.5 Å². The van der Waals surface area contributed by atoms with Gasteiger partial charge in [-0.05, 0) is 49.2 Å². The van der Waals surface area contributed by atoms with E-state index in [1.165, 1.54) is 0 Å². The van der Waals surface area contributed by atoms with Gasteiger partial charge in [-0.1, -0.05) is 30.3 Å². The molecule has 3 aromatic carbocycles. The van der Waals surface area contributed by atoms with E-state index in [0.717, 1.165) is 22.4 Å². The van der Waals surface area contributed by atoms with E-state index in [1.807, 2.05) is 67.3 Å². The first-order valence-electron chi connectivity index (χ1n) is 11.4. The summed E-state index contributed by atoms with van der Waals surface area (Å²) in [5.41, 5.74) is 3.19. The minimum Gasteiger partial charge on any atom is -0.491 e. The van der Waals surface area contributed by atoms with Crippen LogP contribution in [-0.4, -0.2) is 31.3 Å². The highest BCUT2D eigenvalue weighted by atomic mass is 16.7. The van der Waals surface area contributed by atoms with Crippen LogP contribution in [0.15, 0.2) is 60.7 Å². The summed E-state index contributed by atoms with van der Waals surface area (Å²) in [5, 5.41) is 2.90. The smallest absolute Gasteiger partial charge is 0.251 e. The molecule has 3 heterocycles. The predicted octanol–water partition coefficient (Wildman–Crippen LogP) is 3.78. The number of carbonyl (C=O) groups excluding carboxylic acids is 2. The molecule has 2 amide bonds. The van der Waals surface area contributed by atoms with Crippen LogP contribution in [0, 0.1) is 0 Å². The highest BCUT2D eigenvalue weighted by Gasteiger charge is 2.57. The number of hydrogen-bond acceptors (Lipinski definition) is 5. The summed E-state index contributed by atoms with van der Waals surface area (Å²) in [5.74, 6) is 1.76. The maximum atomic E-state index is 14.1. The van der Waals surface area contributed by atoms with E-state index in [0.29, 0.717) is 29.4 Å². The second-order valence-corrected chi connectivity index (χ2v) is 9.13. The standard InChI is InChI=1S/C27H24N2O5/c1-16(2)28-25(30)18-9-7-17(8-10-18)13-29-21-6-4-3-5-19(21)27(26(29)31)14-32-22-12-24-23(11-20(22)27)33-15-34-24/h3-12,16H,13-15H2,1-2H3,(H,28,30). The van der Waals surface area contributed by atoms with Crippen molar-refractivity contribution >= 4 is 17.5 Å². The Kier molecular flexibility index (Phi) is 4.55. The minimum atomic E-state index is -0.927. The highest BCUT2D eigenvalue weighted by molar-refractivity contribution is 6.11. The van der Waals surface area contributed by atoms with E-state index >= 15 is 0 Å². The Morgan fingerprint density at radius 3 is 2.47 bits per heavy atom. The molecule has 3 aliphatic rings. The van der Waals surface area contributed by atoms with Crippen LogP contribution in [0.4, 0.5) is 5.69 Å². The minimum absolute atomic E-state index is 0.0343. The van der Waals surface area contributed by atoms with Crippen molar-refractivity contribution in [3.63, 3.8) is 0 Å². The van der Waals surface area contributed by atoms with Gasteiger partial charge in [-0.25, -0.2) is 0 Å². The zero-order valence-corrected chi connectivity index (χ0v) is 19.0. The fourth-order valence-corrected chi connectivity index (χ4v) is 5.01. The van der Waals surface area contributed by atoms with Crippen LogP contribution in [0.5, 0.6) is 17.2 Å². The lowest BCUT2D eigenvalue weighted by atomic mass is 9.77. The summed E-state index contributed by atoms with van der Waals surface area (Å²) in [6.45, 7) is 4.64. The highest BCUT2D eigenvalue weighted by Crippen LogP contribution is 2.55. The normalized spacial score (nSPS) is 19.4. The number of nitrogens with zero attached hydrogens (tertiary/aromatic N) is 1. The molecular formula is C27H24N2O5. The number of para-hydroxylation sites is 1. The molecule has 0 saturated heterocycles. The molecule has 1 spiro atoms. The van der Waals surface area contributed by atoms with Crippen LogP contribution in [0.3, 0.4) is 0 Å². The molecule has 0 bridgehead atoms. The molecule has 34 heavy (non-hydrogen) atoms. The van der Waals surface area contributed by atoms with Crippen LogP contribution in [-0.2, 0) is 16.8 Å². The van der Waals surface area contributed by atoms with Crippen LogP contribution >= 0.6 is 0 Å². The number of ether oxygens (including phenoxy) is 3. The summed E-state index contributed by atoms with van der Waals surface area (Å²) in [6, 6.07) is 19.0. The first kappa shape index (κ1) is 20.6. The number of hydrogen-bond donors (Lipinski definition) is 1. The van der Waals surface area contributed by atoms with E-state index in [-0.39, 0.29) is 31.3 Å². The quantitative estimate of drug-likeness (QED) is 0.647. The van der Waals surface area contributed by atoms with Crippen LogP contribution in [0.2, 0.25) is 0 Å². The van der Waals surface area contributed by atoms with E-state index < -0.39 is 5.41 Å². The lowest BCUT2D eigenvalue weighted by Gasteiger charge is -2.23. The Labute approximate surface area is 197 Å². The van der Waals surface area contributed by atoms with Crippen molar-refractivity contribution < 1.29 is 23.8 Å². The summed E-state index contributed by atoms with van der Waals surface area (Å²) in [7, 11) is 0.